The number of carbonyl (C=O) groups excluding carboxylic acids is 1. The number of benzene rings is 1. The van der Waals surface area contributed by atoms with Crippen molar-refractivity contribution in [2.45, 2.75) is 6.30 Å². The van der Waals surface area contributed by atoms with Gasteiger partial charge in [-0.25, -0.2) is 0 Å². The van der Waals surface area contributed by atoms with Crippen LogP contribution < -0.4 is 9.59 Å². The molecular formula is C10H11F3NO5P. The van der Waals surface area contributed by atoms with Gasteiger partial charge in [0.1, 0.15) is 12.2 Å². The van der Waals surface area contributed by atoms with E-state index in [0.717, 1.165) is 12.1 Å². The molecule has 0 spiro atoms. The zero-order valence-electron chi connectivity index (χ0n) is 9.95. The van der Waals surface area contributed by atoms with E-state index in [0.29, 0.717) is 0 Å². The first-order valence-corrected chi connectivity index (χ1v) is 7.02. The van der Waals surface area contributed by atoms with Crippen LogP contribution in [-0.4, -0.2) is 34.9 Å². The van der Waals surface area contributed by atoms with Crippen LogP contribution in [0.15, 0.2) is 30.3 Å². The van der Waals surface area contributed by atoms with Crippen LogP contribution in [0.25, 0.3) is 0 Å². The molecule has 0 aliphatic rings. The third kappa shape index (κ3) is 3.80. The van der Waals surface area contributed by atoms with Crippen molar-refractivity contribution in [3.05, 3.63) is 30.3 Å². The molecule has 1 aromatic rings. The average molecular weight is 313 g/mol. The lowest BCUT2D eigenvalue weighted by atomic mass is 10.2. The first kappa shape index (κ1) is 16.6. The number of rotatable bonds is 5. The van der Waals surface area contributed by atoms with Gasteiger partial charge in [-0.2, -0.15) is 4.48 Å². The van der Waals surface area contributed by atoms with Crippen molar-refractivity contribution >= 4 is 19.3 Å². The van der Waals surface area contributed by atoms with Gasteiger partial charge < -0.3 is 19.7 Å². The summed E-state index contributed by atoms with van der Waals surface area (Å²) in [7, 11) is -5.14. The zero-order valence-corrected chi connectivity index (χ0v) is 10.8. The number of quaternary nitrogens is 1. The molecule has 0 aromatic heterocycles. The van der Waals surface area contributed by atoms with E-state index in [-0.39, 0.29) is 0 Å². The van der Waals surface area contributed by atoms with Gasteiger partial charge in [0.15, 0.2) is 6.29 Å². The number of nitrogens with zero attached hydrogens (tertiary/aromatic N) is 1. The summed E-state index contributed by atoms with van der Waals surface area (Å²) < 4.78 is 48.5. The van der Waals surface area contributed by atoms with Crippen LogP contribution in [-0.2, 0) is 9.36 Å². The summed E-state index contributed by atoms with van der Waals surface area (Å²) in [5.41, 5.74) is -0.590. The minimum Gasteiger partial charge on any atom is -0.544 e. The molecule has 0 bridgehead atoms. The fourth-order valence-corrected chi connectivity index (χ4v) is 2.84. The minimum atomic E-state index is -5.22. The van der Waals surface area contributed by atoms with E-state index in [2.05, 4.69) is 0 Å². The van der Waals surface area contributed by atoms with Crippen molar-refractivity contribution in [1.82, 2.24) is 4.48 Å². The largest absolute Gasteiger partial charge is 0.566 e. The molecule has 20 heavy (non-hydrogen) atoms. The summed E-state index contributed by atoms with van der Waals surface area (Å²) >= 11 is 0. The van der Waals surface area contributed by atoms with Crippen molar-refractivity contribution in [2.75, 3.05) is 12.8 Å². The van der Waals surface area contributed by atoms with Crippen molar-refractivity contribution in [1.29, 1.82) is 0 Å². The molecule has 6 nitrogen and oxygen atoms in total. The Morgan fingerprint density at radius 2 is 1.75 bits per heavy atom. The normalized spacial score (nSPS) is 15.7. The molecule has 0 heterocycles. The molecule has 0 fully saturated rings. The Balaban J connectivity index is 3.50. The lowest BCUT2D eigenvalue weighted by Gasteiger charge is -2.38. The first-order valence-electron chi connectivity index (χ1n) is 5.22. The van der Waals surface area contributed by atoms with Gasteiger partial charge in [0.2, 0.25) is 0 Å². The van der Waals surface area contributed by atoms with Gasteiger partial charge in [-0.15, -0.1) is 13.2 Å². The molecule has 0 saturated carbocycles. The standard InChI is InChI=1S/C10H11F3NO5P/c11-10(12,13)14(6-9(15)16,7-20(17,18)19)8-4-2-1-3-5-8/h1-5H,6-7H2,(H2-,15,16,17,18,19). The van der Waals surface area contributed by atoms with E-state index in [1.807, 2.05) is 0 Å². The molecule has 112 valence electrons. The SMILES string of the molecule is O=C([O-])C[N+](CP(=O)(O)O)(c1ccccc1)C(F)(F)F. The Kier molecular flexibility index (Phi) is 4.60. The molecule has 1 unspecified atom stereocenters. The van der Waals surface area contributed by atoms with E-state index < -0.39 is 42.9 Å². The maximum absolute atomic E-state index is 13.3. The quantitative estimate of drug-likeness (QED) is 0.466. The number of carbonyl (C=O) groups is 1. The van der Waals surface area contributed by atoms with Crippen LogP contribution in [0.4, 0.5) is 18.9 Å². The monoisotopic (exact) mass is 313 g/mol. The zero-order chi connectivity index (χ0) is 15.6. The van der Waals surface area contributed by atoms with Gasteiger partial charge in [-0.1, -0.05) is 18.2 Å². The van der Waals surface area contributed by atoms with Crippen molar-refractivity contribution in [3.8, 4) is 0 Å². The summed E-state index contributed by atoms with van der Waals surface area (Å²) in [5, 5.41) is 10.6. The third-order valence-electron chi connectivity index (χ3n) is 2.56. The molecule has 2 N–H and O–H groups in total. The van der Waals surface area contributed by atoms with Crippen LogP contribution in [0.5, 0.6) is 0 Å². The summed E-state index contributed by atoms with van der Waals surface area (Å²) in [4.78, 5) is 28.4. The second kappa shape index (κ2) is 5.53. The van der Waals surface area contributed by atoms with Crippen molar-refractivity contribution in [3.63, 3.8) is 0 Å². The van der Waals surface area contributed by atoms with Crippen LogP contribution in [0.3, 0.4) is 0 Å². The van der Waals surface area contributed by atoms with Crippen LogP contribution in [0, 0.1) is 0 Å². The van der Waals surface area contributed by atoms with Gasteiger partial charge in [-0.05, 0) is 12.1 Å². The van der Waals surface area contributed by atoms with E-state index in [9.17, 15) is 27.6 Å². The first-order chi connectivity index (χ1) is 8.98. The molecule has 0 radical (unpaired) electrons. The molecule has 0 aliphatic carbocycles. The highest BCUT2D eigenvalue weighted by atomic mass is 31.2. The Bertz CT molecular complexity index is 529. The van der Waals surface area contributed by atoms with Gasteiger partial charge in [0, 0.05) is 0 Å². The van der Waals surface area contributed by atoms with Crippen LogP contribution >= 0.6 is 7.60 Å². The number of halogens is 3. The average Bonchev–Trinajstić information content (AvgIpc) is 2.25. The molecule has 10 heteroatoms. The smallest absolute Gasteiger partial charge is 0.544 e. The molecule has 1 atom stereocenters. The second-order valence-electron chi connectivity index (χ2n) is 4.11. The Morgan fingerprint density at radius 3 is 2.10 bits per heavy atom. The molecular weight excluding hydrogens is 302 g/mol. The number of carboxylic acids is 1. The fraction of sp³-hybridized carbons (Fsp3) is 0.300. The number of hydrogen-bond donors (Lipinski definition) is 2. The topological polar surface area (TPSA) is 97.7 Å². The lowest BCUT2D eigenvalue weighted by molar-refractivity contribution is -0.314. The second-order valence-corrected chi connectivity index (χ2v) is 5.72. The minimum absolute atomic E-state index is 0.590. The number of hydrogen-bond acceptors (Lipinski definition) is 3. The number of alkyl halides is 3. The molecule has 1 rings (SSSR count). The predicted octanol–water partition coefficient (Wildman–Crippen LogP) is 0.399. The number of para-hydroxylation sites is 1. The number of carboxylic acid groups (broad SMARTS) is 1. The fourth-order valence-electron chi connectivity index (χ4n) is 1.79. The Morgan fingerprint density at radius 1 is 1.25 bits per heavy atom. The van der Waals surface area contributed by atoms with Crippen LogP contribution in [0.2, 0.25) is 0 Å². The summed E-state index contributed by atoms with van der Waals surface area (Å²) in [5.74, 6) is -2.07. The maximum Gasteiger partial charge on any atom is 0.566 e. The Hall–Kier alpha value is -1.41. The summed E-state index contributed by atoms with van der Waals surface area (Å²) in [6, 6.07) is 5.72. The maximum atomic E-state index is 13.3. The highest BCUT2D eigenvalue weighted by molar-refractivity contribution is 7.51. The van der Waals surface area contributed by atoms with Crippen LogP contribution in [0.1, 0.15) is 0 Å². The molecule has 1 aromatic carbocycles. The molecule has 0 amide bonds. The third-order valence-corrected chi connectivity index (χ3v) is 3.41. The summed E-state index contributed by atoms with van der Waals surface area (Å²) in [6.45, 7) is -1.63. The van der Waals surface area contributed by atoms with Gasteiger partial charge in [0.25, 0.3) is 0 Å². The molecule has 0 saturated heterocycles. The van der Waals surface area contributed by atoms with E-state index >= 15 is 0 Å². The van der Waals surface area contributed by atoms with E-state index in [4.69, 9.17) is 9.79 Å². The lowest BCUT2D eigenvalue weighted by Crippen LogP contribution is -2.64. The predicted molar refractivity (Wildman–Crippen MR) is 61.1 cm³/mol. The van der Waals surface area contributed by atoms with Gasteiger partial charge in [0.05, 0.1) is 5.97 Å². The number of aliphatic carboxylic acids is 1. The van der Waals surface area contributed by atoms with Crippen molar-refractivity contribution < 1.29 is 37.4 Å². The van der Waals surface area contributed by atoms with E-state index in [1.165, 1.54) is 18.2 Å². The highest BCUT2D eigenvalue weighted by Crippen LogP contribution is 2.46. The highest BCUT2D eigenvalue weighted by Gasteiger charge is 2.59. The summed E-state index contributed by atoms with van der Waals surface area (Å²) in [6.07, 6.45) is -6.93. The van der Waals surface area contributed by atoms with Gasteiger partial charge in [-0.3, -0.25) is 4.57 Å². The molecule has 0 aliphatic heterocycles. The van der Waals surface area contributed by atoms with Crippen molar-refractivity contribution in [2.24, 2.45) is 0 Å². The van der Waals surface area contributed by atoms with E-state index in [1.54, 1.807) is 0 Å². The van der Waals surface area contributed by atoms with Gasteiger partial charge >= 0.3 is 13.9 Å². The Labute approximate surface area is 111 Å².